The van der Waals surface area contributed by atoms with Crippen LogP contribution in [0.4, 0.5) is 0 Å². The van der Waals surface area contributed by atoms with Crippen LogP contribution in [0.3, 0.4) is 0 Å². The molecule has 27 heavy (non-hydrogen) atoms. The first-order valence-electron chi connectivity index (χ1n) is 9.44. The van der Waals surface area contributed by atoms with Crippen LogP contribution in [0, 0.1) is 0 Å². The average molecular weight is 483 g/mol. The van der Waals surface area contributed by atoms with Crippen molar-refractivity contribution in [3.63, 3.8) is 0 Å². The number of aromatic nitrogens is 1. The van der Waals surface area contributed by atoms with Gasteiger partial charge in [-0.25, -0.2) is 4.98 Å². The summed E-state index contributed by atoms with van der Waals surface area (Å²) in [5.74, 6) is 1.59. The molecule has 2 heterocycles. The Hall–Kier alpha value is -1.61. The number of guanidine groups is 1. The predicted molar refractivity (Wildman–Crippen MR) is 120 cm³/mol. The molecular weight excluding hydrogens is 453 g/mol. The van der Waals surface area contributed by atoms with Gasteiger partial charge in [0.1, 0.15) is 6.26 Å². The van der Waals surface area contributed by atoms with Crippen molar-refractivity contribution < 1.29 is 4.42 Å². The minimum Gasteiger partial charge on any atom is -0.444 e. The summed E-state index contributed by atoms with van der Waals surface area (Å²) in [7, 11) is 1.84. The number of benzene rings is 1. The SMILES string of the molecule is CCN(CC)C1CCN(C(=NC)NCc2coc(-c3ccccc3)n2)C1.I. The summed E-state index contributed by atoms with van der Waals surface area (Å²) in [5, 5.41) is 3.42. The molecule has 6 nitrogen and oxygen atoms in total. The molecule has 1 fully saturated rings. The largest absolute Gasteiger partial charge is 0.444 e. The van der Waals surface area contributed by atoms with E-state index in [1.807, 2.05) is 37.4 Å². The Morgan fingerprint density at radius 1 is 1.30 bits per heavy atom. The van der Waals surface area contributed by atoms with Crippen LogP contribution in [-0.2, 0) is 6.54 Å². The van der Waals surface area contributed by atoms with Crippen molar-refractivity contribution in [2.24, 2.45) is 4.99 Å². The van der Waals surface area contributed by atoms with E-state index in [4.69, 9.17) is 4.42 Å². The summed E-state index contributed by atoms with van der Waals surface area (Å²) in [6.45, 7) is 9.33. The summed E-state index contributed by atoms with van der Waals surface area (Å²) < 4.78 is 5.61. The highest BCUT2D eigenvalue weighted by molar-refractivity contribution is 14.0. The smallest absolute Gasteiger partial charge is 0.226 e. The van der Waals surface area contributed by atoms with Crippen LogP contribution < -0.4 is 5.32 Å². The van der Waals surface area contributed by atoms with Gasteiger partial charge in [0.2, 0.25) is 5.89 Å². The van der Waals surface area contributed by atoms with Crippen LogP contribution in [0.2, 0.25) is 0 Å². The zero-order chi connectivity index (χ0) is 18.4. The first kappa shape index (κ1) is 21.7. The molecule has 1 saturated heterocycles. The zero-order valence-corrected chi connectivity index (χ0v) is 18.7. The molecule has 1 aromatic heterocycles. The standard InChI is InChI=1S/C20H29N5O.HI/c1-4-24(5-2)18-11-12-25(14-18)20(21-3)22-13-17-15-26-19(23-17)16-9-7-6-8-10-16;/h6-10,15,18H,4-5,11-14H2,1-3H3,(H,21,22);1H. The number of hydrogen-bond acceptors (Lipinski definition) is 4. The molecule has 3 rings (SSSR count). The number of nitrogens with zero attached hydrogens (tertiary/aromatic N) is 4. The molecular formula is C20H30IN5O. The fraction of sp³-hybridized carbons (Fsp3) is 0.500. The van der Waals surface area contributed by atoms with E-state index in [1.165, 1.54) is 6.42 Å². The second kappa shape index (κ2) is 10.7. The highest BCUT2D eigenvalue weighted by Crippen LogP contribution is 2.18. The molecule has 1 aromatic carbocycles. The average Bonchev–Trinajstić information content (AvgIpc) is 3.34. The van der Waals surface area contributed by atoms with E-state index < -0.39 is 0 Å². The summed E-state index contributed by atoms with van der Waals surface area (Å²) in [6.07, 6.45) is 2.90. The molecule has 0 radical (unpaired) electrons. The first-order chi connectivity index (χ1) is 12.7. The molecule has 0 amide bonds. The second-order valence-corrected chi connectivity index (χ2v) is 6.52. The van der Waals surface area contributed by atoms with E-state index in [2.05, 4.69) is 38.9 Å². The Bertz CT molecular complexity index is 714. The van der Waals surface area contributed by atoms with Crippen molar-refractivity contribution in [1.29, 1.82) is 0 Å². The number of rotatable bonds is 6. The summed E-state index contributed by atoms with van der Waals surface area (Å²) in [6, 6.07) is 10.6. The lowest BCUT2D eigenvalue weighted by Crippen LogP contribution is -2.43. The van der Waals surface area contributed by atoms with Crippen LogP contribution >= 0.6 is 24.0 Å². The van der Waals surface area contributed by atoms with Gasteiger partial charge in [-0.3, -0.25) is 9.89 Å². The number of oxazole rings is 1. The van der Waals surface area contributed by atoms with Gasteiger partial charge in [0.15, 0.2) is 5.96 Å². The van der Waals surface area contributed by atoms with E-state index in [9.17, 15) is 0 Å². The second-order valence-electron chi connectivity index (χ2n) is 6.52. The molecule has 0 spiro atoms. The Labute approximate surface area is 179 Å². The molecule has 0 saturated carbocycles. The molecule has 1 aliphatic rings. The molecule has 7 heteroatoms. The number of likely N-dealkylation sites (tertiary alicyclic amines) is 1. The minimum absolute atomic E-state index is 0. The molecule has 0 bridgehead atoms. The molecule has 1 N–H and O–H groups in total. The van der Waals surface area contributed by atoms with Crippen LogP contribution in [0.5, 0.6) is 0 Å². The van der Waals surface area contributed by atoms with Crippen LogP contribution in [0.25, 0.3) is 11.5 Å². The van der Waals surface area contributed by atoms with Crippen molar-refractivity contribution >= 4 is 29.9 Å². The van der Waals surface area contributed by atoms with Gasteiger partial charge in [0.05, 0.1) is 12.2 Å². The van der Waals surface area contributed by atoms with Crippen LogP contribution in [0.1, 0.15) is 26.0 Å². The lowest BCUT2D eigenvalue weighted by atomic mass is 10.2. The van der Waals surface area contributed by atoms with E-state index in [1.54, 1.807) is 6.26 Å². The molecule has 1 aliphatic heterocycles. The van der Waals surface area contributed by atoms with E-state index in [0.29, 0.717) is 18.5 Å². The maximum atomic E-state index is 5.61. The van der Waals surface area contributed by atoms with E-state index in [-0.39, 0.29) is 24.0 Å². The van der Waals surface area contributed by atoms with Gasteiger partial charge in [-0.15, -0.1) is 24.0 Å². The Morgan fingerprint density at radius 2 is 2.04 bits per heavy atom. The third-order valence-electron chi connectivity index (χ3n) is 5.00. The fourth-order valence-electron chi connectivity index (χ4n) is 3.58. The van der Waals surface area contributed by atoms with Gasteiger partial charge >= 0.3 is 0 Å². The fourth-order valence-corrected chi connectivity index (χ4v) is 3.58. The van der Waals surface area contributed by atoms with Crippen molar-refractivity contribution in [3.8, 4) is 11.5 Å². The highest BCUT2D eigenvalue weighted by Gasteiger charge is 2.28. The number of likely N-dealkylation sites (N-methyl/N-ethyl adjacent to an activating group) is 1. The minimum atomic E-state index is 0. The quantitative estimate of drug-likeness (QED) is 0.388. The number of halogens is 1. The lowest BCUT2D eigenvalue weighted by Gasteiger charge is -2.27. The number of hydrogen-bond donors (Lipinski definition) is 1. The number of aliphatic imine (C=N–C) groups is 1. The predicted octanol–water partition coefficient (Wildman–Crippen LogP) is 3.45. The van der Waals surface area contributed by atoms with Gasteiger partial charge in [0, 0.05) is 31.7 Å². The van der Waals surface area contributed by atoms with Gasteiger partial charge in [-0.05, 0) is 31.6 Å². The summed E-state index contributed by atoms with van der Waals surface area (Å²) in [4.78, 5) is 13.9. The van der Waals surface area contributed by atoms with E-state index >= 15 is 0 Å². The monoisotopic (exact) mass is 483 g/mol. The van der Waals surface area contributed by atoms with Gasteiger partial charge in [0.25, 0.3) is 0 Å². The molecule has 1 unspecified atom stereocenters. The molecule has 148 valence electrons. The topological polar surface area (TPSA) is 56.9 Å². The first-order valence-corrected chi connectivity index (χ1v) is 9.44. The molecule has 2 aromatic rings. The van der Waals surface area contributed by atoms with Crippen molar-refractivity contribution in [2.45, 2.75) is 32.9 Å². The normalized spacial score (nSPS) is 17.3. The van der Waals surface area contributed by atoms with Crippen molar-refractivity contribution in [2.75, 3.05) is 33.2 Å². The number of nitrogens with one attached hydrogen (secondary N) is 1. The highest BCUT2D eigenvalue weighted by atomic mass is 127. The third-order valence-corrected chi connectivity index (χ3v) is 5.00. The van der Waals surface area contributed by atoms with Crippen LogP contribution in [-0.4, -0.2) is 60.0 Å². The Morgan fingerprint density at radius 3 is 2.70 bits per heavy atom. The summed E-state index contributed by atoms with van der Waals surface area (Å²) >= 11 is 0. The third kappa shape index (κ3) is 5.44. The Kier molecular flexibility index (Phi) is 8.56. The van der Waals surface area contributed by atoms with Gasteiger partial charge < -0.3 is 14.6 Å². The maximum Gasteiger partial charge on any atom is 0.226 e. The van der Waals surface area contributed by atoms with Crippen molar-refractivity contribution in [1.82, 2.24) is 20.1 Å². The van der Waals surface area contributed by atoms with Crippen molar-refractivity contribution in [3.05, 3.63) is 42.3 Å². The van der Waals surface area contributed by atoms with Gasteiger partial charge in [-0.2, -0.15) is 0 Å². The summed E-state index contributed by atoms with van der Waals surface area (Å²) in [5.41, 5.74) is 1.87. The van der Waals surface area contributed by atoms with Crippen LogP contribution in [0.15, 0.2) is 46.0 Å². The zero-order valence-electron chi connectivity index (χ0n) is 16.4. The molecule has 1 atom stereocenters. The van der Waals surface area contributed by atoms with Gasteiger partial charge in [-0.1, -0.05) is 32.0 Å². The maximum absolute atomic E-state index is 5.61. The molecule has 0 aliphatic carbocycles. The Balaban J connectivity index is 0.00000261. The van der Waals surface area contributed by atoms with E-state index in [0.717, 1.165) is 43.4 Å². The lowest BCUT2D eigenvalue weighted by molar-refractivity contribution is 0.223.